The number of ketones is 1. The Labute approximate surface area is 164 Å². The number of aliphatic hydroxyl groups excluding tert-OH is 1. The lowest BCUT2D eigenvalue weighted by molar-refractivity contribution is -0.165. The van der Waals surface area contributed by atoms with Crippen molar-refractivity contribution in [3.63, 3.8) is 0 Å². The highest BCUT2D eigenvalue weighted by atomic mass is 79.9. The maximum absolute atomic E-state index is 13.3. The van der Waals surface area contributed by atoms with Crippen LogP contribution in [0.4, 0.5) is 23.2 Å². The minimum atomic E-state index is -5.23. The van der Waals surface area contributed by atoms with Crippen LogP contribution in [0.25, 0.3) is 5.76 Å². The molecule has 0 aliphatic heterocycles. The Morgan fingerprint density at radius 1 is 1.15 bits per heavy atom. The summed E-state index contributed by atoms with van der Waals surface area (Å²) in [6, 6.07) is 10.6. The zero-order valence-electron chi connectivity index (χ0n) is 13.7. The topological polar surface area (TPSA) is 49.7 Å². The third-order valence-electron chi connectivity index (χ3n) is 3.29. The van der Waals surface area contributed by atoms with E-state index >= 15 is 0 Å². The highest BCUT2D eigenvalue weighted by molar-refractivity contribution is 9.10. The summed E-state index contributed by atoms with van der Waals surface area (Å²) in [6.45, 7) is 0. The van der Waals surface area contributed by atoms with Gasteiger partial charge >= 0.3 is 6.18 Å². The lowest BCUT2D eigenvalue weighted by atomic mass is 10.0. The number of alkyl halides is 3. The van der Waals surface area contributed by atoms with Crippen molar-refractivity contribution in [3.05, 3.63) is 70.0 Å². The summed E-state index contributed by atoms with van der Waals surface area (Å²) in [4.78, 5) is 15.9. The summed E-state index contributed by atoms with van der Waals surface area (Å²) in [5, 5.41) is 10.0. The second-order valence-corrected chi connectivity index (χ2v) is 6.87. The molecule has 142 valence electrons. The highest BCUT2D eigenvalue weighted by Gasteiger charge is 2.44. The monoisotopic (exact) mass is 461 g/mol. The molecule has 0 aliphatic rings. The molecule has 0 aromatic heterocycles. The molecule has 0 amide bonds. The van der Waals surface area contributed by atoms with Gasteiger partial charge in [-0.2, -0.15) is 13.2 Å². The van der Waals surface area contributed by atoms with Gasteiger partial charge in [-0.1, -0.05) is 34.1 Å². The molecule has 0 unspecified atom stereocenters. The third kappa shape index (κ3) is 5.43. The van der Waals surface area contributed by atoms with Crippen molar-refractivity contribution in [1.82, 2.24) is 0 Å². The van der Waals surface area contributed by atoms with Crippen molar-refractivity contribution < 1.29 is 27.5 Å². The second-order valence-electron chi connectivity index (χ2n) is 5.16. The molecule has 2 aromatic carbocycles. The van der Waals surface area contributed by atoms with Crippen molar-refractivity contribution in [3.8, 4) is 0 Å². The zero-order chi connectivity index (χ0) is 20.2. The van der Waals surface area contributed by atoms with E-state index < -0.39 is 29.1 Å². The molecular formula is C18H12BrF4NO2S. The summed E-state index contributed by atoms with van der Waals surface area (Å²) in [6.07, 6.45) is -3.83. The standard InChI is InChI=1S/C18H12BrF4NO2S/c1-27-17(24-13-4-2-3-12(20)9-13)14(16(26)18(21,22)23)15(25)10-5-7-11(19)8-6-10/h2-9,25H,1H3/b15-14-,24-17?. The number of rotatable bonds is 4. The van der Waals surface area contributed by atoms with Crippen LogP contribution < -0.4 is 0 Å². The smallest absolute Gasteiger partial charge is 0.455 e. The molecule has 0 heterocycles. The predicted molar refractivity (Wildman–Crippen MR) is 102 cm³/mol. The fourth-order valence-electron chi connectivity index (χ4n) is 2.07. The van der Waals surface area contributed by atoms with Crippen molar-refractivity contribution in [1.29, 1.82) is 0 Å². The molecule has 0 aliphatic carbocycles. The number of hydrogen-bond donors (Lipinski definition) is 1. The van der Waals surface area contributed by atoms with Gasteiger partial charge in [0.15, 0.2) is 0 Å². The number of nitrogens with zero attached hydrogens (tertiary/aromatic N) is 1. The first-order chi connectivity index (χ1) is 12.6. The van der Waals surface area contributed by atoms with Gasteiger partial charge in [0.25, 0.3) is 5.78 Å². The number of Topliss-reactive ketones (excluding diaryl/α,β-unsaturated/α-hetero) is 1. The molecule has 27 heavy (non-hydrogen) atoms. The summed E-state index contributed by atoms with van der Waals surface area (Å²) in [5.41, 5.74) is -0.983. The van der Waals surface area contributed by atoms with Crippen LogP contribution in [0.5, 0.6) is 0 Å². The van der Waals surface area contributed by atoms with E-state index in [1.165, 1.54) is 42.7 Å². The van der Waals surface area contributed by atoms with E-state index in [2.05, 4.69) is 20.9 Å². The molecule has 0 fully saturated rings. The predicted octanol–water partition coefficient (Wildman–Crippen LogP) is 6.08. The Hall–Kier alpha value is -2.13. The molecule has 9 heteroatoms. The molecule has 2 aromatic rings. The van der Waals surface area contributed by atoms with Gasteiger partial charge in [-0.25, -0.2) is 9.38 Å². The molecule has 0 bridgehead atoms. The Morgan fingerprint density at radius 2 is 1.78 bits per heavy atom. The number of carbonyl (C=O) groups excluding carboxylic acids is 1. The Bertz CT molecular complexity index is 908. The zero-order valence-corrected chi connectivity index (χ0v) is 16.1. The van der Waals surface area contributed by atoms with E-state index in [-0.39, 0.29) is 16.3 Å². The maximum Gasteiger partial charge on any atom is 0.455 e. The van der Waals surface area contributed by atoms with Crippen LogP contribution in [0.1, 0.15) is 5.56 Å². The van der Waals surface area contributed by atoms with Gasteiger partial charge in [0.2, 0.25) is 0 Å². The van der Waals surface area contributed by atoms with Crippen LogP contribution in [0.15, 0.2) is 63.6 Å². The first-order valence-corrected chi connectivity index (χ1v) is 9.34. The number of thioether (sulfide) groups is 1. The minimum Gasteiger partial charge on any atom is -0.506 e. The van der Waals surface area contributed by atoms with Gasteiger partial charge in [0.05, 0.1) is 5.69 Å². The Balaban J connectivity index is 2.69. The number of benzene rings is 2. The van der Waals surface area contributed by atoms with Gasteiger partial charge < -0.3 is 5.11 Å². The van der Waals surface area contributed by atoms with Crippen LogP contribution in [-0.4, -0.2) is 28.4 Å². The number of hydrogen-bond acceptors (Lipinski definition) is 4. The van der Waals surface area contributed by atoms with Crippen LogP contribution >= 0.6 is 27.7 Å². The molecule has 2 rings (SSSR count). The molecule has 1 N–H and O–H groups in total. The fourth-order valence-corrected chi connectivity index (χ4v) is 2.92. The van der Waals surface area contributed by atoms with Crippen molar-refractivity contribution in [2.24, 2.45) is 4.99 Å². The summed E-state index contributed by atoms with van der Waals surface area (Å²) in [5.74, 6) is -3.75. The molecule has 0 saturated heterocycles. The van der Waals surface area contributed by atoms with Gasteiger partial charge in [-0.3, -0.25) is 4.79 Å². The number of aliphatic imine (C=N–C) groups is 1. The summed E-state index contributed by atoms with van der Waals surface area (Å²) in [7, 11) is 0. The lowest BCUT2D eigenvalue weighted by Crippen LogP contribution is -2.28. The first-order valence-electron chi connectivity index (χ1n) is 7.32. The molecular weight excluding hydrogens is 450 g/mol. The van der Waals surface area contributed by atoms with Gasteiger partial charge in [-0.15, -0.1) is 11.8 Å². The Morgan fingerprint density at radius 3 is 2.30 bits per heavy atom. The molecule has 0 atom stereocenters. The summed E-state index contributed by atoms with van der Waals surface area (Å²) < 4.78 is 53.3. The molecule has 0 saturated carbocycles. The van der Waals surface area contributed by atoms with E-state index in [0.717, 1.165) is 23.9 Å². The van der Waals surface area contributed by atoms with Crippen LogP contribution in [0, 0.1) is 5.82 Å². The Kier molecular flexibility index (Phi) is 6.83. The summed E-state index contributed by atoms with van der Waals surface area (Å²) >= 11 is 3.91. The normalized spacial score (nSPS) is 13.3. The van der Waals surface area contributed by atoms with E-state index in [9.17, 15) is 27.5 Å². The quantitative estimate of drug-likeness (QED) is 0.197. The fraction of sp³-hybridized carbons (Fsp3) is 0.111. The van der Waals surface area contributed by atoms with Crippen LogP contribution in [0.2, 0.25) is 0 Å². The van der Waals surface area contributed by atoms with Gasteiger partial charge in [0.1, 0.15) is 22.2 Å². The van der Waals surface area contributed by atoms with Crippen LogP contribution in [0.3, 0.4) is 0 Å². The molecule has 3 nitrogen and oxygen atoms in total. The maximum atomic E-state index is 13.3. The molecule has 0 radical (unpaired) electrons. The van der Waals surface area contributed by atoms with E-state index in [0.29, 0.717) is 4.47 Å². The highest BCUT2D eigenvalue weighted by Crippen LogP contribution is 2.31. The van der Waals surface area contributed by atoms with Gasteiger partial charge in [-0.05, 0) is 36.6 Å². The van der Waals surface area contributed by atoms with E-state index in [4.69, 9.17) is 0 Å². The molecule has 0 spiro atoms. The van der Waals surface area contributed by atoms with Crippen molar-refractivity contribution in [2.75, 3.05) is 6.26 Å². The average molecular weight is 462 g/mol. The third-order valence-corrected chi connectivity index (χ3v) is 4.50. The minimum absolute atomic E-state index is 0.00629. The number of aliphatic hydroxyl groups is 1. The second kappa shape index (κ2) is 8.71. The first kappa shape index (κ1) is 21.2. The average Bonchev–Trinajstić information content (AvgIpc) is 2.60. The van der Waals surface area contributed by atoms with E-state index in [1.807, 2.05) is 0 Å². The largest absolute Gasteiger partial charge is 0.506 e. The van der Waals surface area contributed by atoms with Crippen molar-refractivity contribution >= 4 is 50.0 Å². The lowest BCUT2D eigenvalue weighted by Gasteiger charge is -2.14. The van der Waals surface area contributed by atoms with E-state index in [1.54, 1.807) is 0 Å². The van der Waals surface area contributed by atoms with Crippen molar-refractivity contribution in [2.45, 2.75) is 6.18 Å². The van der Waals surface area contributed by atoms with Crippen LogP contribution in [-0.2, 0) is 4.79 Å². The van der Waals surface area contributed by atoms with Gasteiger partial charge in [0, 0.05) is 10.0 Å². The number of halogens is 5. The number of carbonyl (C=O) groups is 1. The SMILES string of the molecule is CSC(=Nc1cccc(F)c1)/C(C(=O)C(F)(F)F)=C(\O)c1ccc(Br)cc1.